The molecule has 0 saturated carbocycles. The third kappa shape index (κ3) is 2.18. The molecule has 0 fully saturated rings. The Morgan fingerprint density at radius 1 is 1.50 bits per heavy atom. The fraction of sp³-hybridized carbons (Fsp3) is 0.364. The second-order valence-electron chi connectivity index (χ2n) is 3.82. The van der Waals surface area contributed by atoms with Crippen LogP contribution in [0.2, 0.25) is 0 Å². The number of carbonyl (C=O) groups excluding carboxylic acids is 1. The second-order valence-corrected chi connectivity index (χ2v) is 3.82. The van der Waals surface area contributed by atoms with Crippen LogP contribution in [0.25, 0.3) is 11.4 Å². The molecule has 0 unspecified atom stereocenters. The van der Waals surface area contributed by atoms with Crippen molar-refractivity contribution >= 4 is 5.78 Å². The highest BCUT2D eigenvalue weighted by Gasteiger charge is 2.15. The van der Waals surface area contributed by atoms with E-state index in [1.807, 2.05) is 13.8 Å². The first kappa shape index (κ1) is 10.6. The monoisotopic (exact) mass is 220 g/mol. The van der Waals surface area contributed by atoms with Crippen LogP contribution >= 0.6 is 0 Å². The Balaban J connectivity index is 2.11. The molecule has 0 aliphatic rings. The van der Waals surface area contributed by atoms with E-state index in [1.165, 1.54) is 12.5 Å². The third-order valence-corrected chi connectivity index (χ3v) is 2.22. The molecule has 0 aliphatic heterocycles. The lowest BCUT2D eigenvalue weighted by Crippen LogP contribution is -2.10. The van der Waals surface area contributed by atoms with Gasteiger partial charge in [0, 0.05) is 5.92 Å². The maximum Gasteiger partial charge on any atom is 0.234 e. The average Bonchev–Trinajstić information content (AvgIpc) is 2.85. The van der Waals surface area contributed by atoms with Crippen LogP contribution in [0.5, 0.6) is 0 Å². The number of hydrogen-bond acceptors (Lipinski definition) is 5. The van der Waals surface area contributed by atoms with Crippen molar-refractivity contribution in [2.75, 3.05) is 0 Å². The molecule has 5 nitrogen and oxygen atoms in total. The van der Waals surface area contributed by atoms with Gasteiger partial charge in [-0.1, -0.05) is 19.0 Å². The van der Waals surface area contributed by atoms with E-state index in [9.17, 15) is 4.79 Å². The van der Waals surface area contributed by atoms with Crippen LogP contribution in [-0.2, 0) is 11.2 Å². The normalized spacial score (nSPS) is 10.9. The van der Waals surface area contributed by atoms with Crippen LogP contribution in [-0.4, -0.2) is 15.9 Å². The number of hydrogen-bond donors (Lipinski definition) is 0. The molecule has 5 heteroatoms. The third-order valence-electron chi connectivity index (χ3n) is 2.22. The summed E-state index contributed by atoms with van der Waals surface area (Å²) in [5.74, 6) is 0.849. The van der Waals surface area contributed by atoms with Gasteiger partial charge in [-0.05, 0) is 6.07 Å². The summed E-state index contributed by atoms with van der Waals surface area (Å²) in [5.41, 5.74) is 0.743. The van der Waals surface area contributed by atoms with Gasteiger partial charge in [0.1, 0.15) is 12.0 Å². The van der Waals surface area contributed by atoms with Gasteiger partial charge < -0.3 is 8.94 Å². The number of furan rings is 1. The SMILES string of the molecule is CC(C)C(=O)Cc1nc(-c2ccoc2)no1. The minimum atomic E-state index is -0.0238. The summed E-state index contributed by atoms with van der Waals surface area (Å²) in [6.45, 7) is 3.69. The van der Waals surface area contributed by atoms with Crippen molar-refractivity contribution in [3.8, 4) is 11.4 Å². The van der Waals surface area contributed by atoms with Crippen LogP contribution in [0.1, 0.15) is 19.7 Å². The van der Waals surface area contributed by atoms with Gasteiger partial charge in [-0.2, -0.15) is 4.98 Å². The minimum absolute atomic E-state index is 0.0238. The highest BCUT2D eigenvalue weighted by atomic mass is 16.5. The molecule has 0 bridgehead atoms. The van der Waals surface area contributed by atoms with Gasteiger partial charge in [-0.15, -0.1) is 0 Å². The summed E-state index contributed by atoms with van der Waals surface area (Å²) in [6.07, 6.45) is 3.24. The van der Waals surface area contributed by atoms with Crippen LogP contribution in [0.15, 0.2) is 27.5 Å². The fourth-order valence-electron chi connectivity index (χ4n) is 1.19. The number of carbonyl (C=O) groups is 1. The molecule has 2 rings (SSSR count). The van der Waals surface area contributed by atoms with E-state index in [2.05, 4.69) is 10.1 Å². The van der Waals surface area contributed by atoms with E-state index in [4.69, 9.17) is 8.94 Å². The smallest absolute Gasteiger partial charge is 0.234 e. The van der Waals surface area contributed by atoms with Crippen molar-refractivity contribution in [2.45, 2.75) is 20.3 Å². The molecular weight excluding hydrogens is 208 g/mol. The van der Waals surface area contributed by atoms with Crippen molar-refractivity contribution in [3.05, 3.63) is 24.5 Å². The Bertz CT molecular complexity index is 471. The van der Waals surface area contributed by atoms with Crippen LogP contribution < -0.4 is 0 Å². The lowest BCUT2D eigenvalue weighted by molar-refractivity contribution is -0.121. The Morgan fingerprint density at radius 2 is 2.31 bits per heavy atom. The first-order valence-electron chi connectivity index (χ1n) is 5.04. The molecule has 0 saturated heterocycles. The molecule has 0 amide bonds. The van der Waals surface area contributed by atoms with Gasteiger partial charge in [-0.25, -0.2) is 0 Å². The molecular formula is C11H12N2O3. The minimum Gasteiger partial charge on any atom is -0.472 e. The topological polar surface area (TPSA) is 69.1 Å². The number of aromatic nitrogens is 2. The summed E-state index contributed by atoms with van der Waals surface area (Å²) in [7, 11) is 0. The quantitative estimate of drug-likeness (QED) is 0.789. The van der Waals surface area contributed by atoms with Gasteiger partial charge in [0.2, 0.25) is 11.7 Å². The number of ketones is 1. The first-order chi connectivity index (χ1) is 7.66. The second kappa shape index (κ2) is 4.30. The Kier molecular flexibility index (Phi) is 2.85. The van der Waals surface area contributed by atoms with E-state index >= 15 is 0 Å². The summed E-state index contributed by atoms with van der Waals surface area (Å²) in [6, 6.07) is 1.74. The molecule has 0 aromatic carbocycles. The van der Waals surface area contributed by atoms with Crippen molar-refractivity contribution in [1.29, 1.82) is 0 Å². The van der Waals surface area contributed by atoms with E-state index in [0.29, 0.717) is 11.7 Å². The van der Waals surface area contributed by atoms with E-state index in [0.717, 1.165) is 5.56 Å². The first-order valence-corrected chi connectivity index (χ1v) is 5.04. The molecule has 2 aromatic heterocycles. The Hall–Kier alpha value is -1.91. The van der Waals surface area contributed by atoms with Crippen LogP contribution in [0, 0.1) is 5.92 Å². The summed E-state index contributed by atoms with van der Waals surface area (Å²) in [5, 5.41) is 3.77. The summed E-state index contributed by atoms with van der Waals surface area (Å²) >= 11 is 0. The lowest BCUT2D eigenvalue weighted by atomic mass is 10.1. The highest BCUT2D eigenvalue weighted by Crippen LogP contribution is 2.16. The van der Waals surface area contributed by atoms with Crippen LogP contribution in [0.3, 0.4) is 0 Å². The molecule has 0 N–H and O–H groups in total. The molecule has 0 aliphatic carbocycles. The molecule has 0 atom stereocenters. The lowest BCUT2D eigenvalue weighted by Gasteiger charge is -1.98. The average molecular weight is 220 g/mol. The largest absolute Gasteiger partial charge is 0.472 e. The molecule has 84 valence electrons. The fourth-order valence-corrected chi connectivity index (χ4v) is 1.19. The Labute approximate surface area is 92.5 Å². The van der Waals surface area contributed by atoms with Crippen LogP contribution in [0.4, 0.5) is 0 Å². The van der Waals surface area contributed by atoms with E-state index in [1.54, 1.807) is 6.07 Å². The zero-order chi connectivity index (χ0) is 11.5. The van der Waals surface area contributed by atoms with Gasteiger partial charge >= 0.3 is 0 Å². The standard InChI is InChI=1S/C11H12N2O3/c1-7(2)9(14)5-10-12-11(13-16-10)8-3-4-15-6-8/h3-4,6-7H,5H2,1-2H3. The Morgan fingerprint density at radius 3 is 2.94 bits per heavy atom. The van der Waals surface area contributed by atoms with Crippen molar-refractivity contribution in [2.24, 2.45) is 5.92 Å². The van der Waals surface area contributed by atoms with Gasteiger partial charge in [-0.3, -0.25) is 4.79 Å². The summed E-state index contributed by atoms with van der Waals surface area (Å²) < 4.78 is 9.89. The van der Waals surface area contributed by atoms with Crippen molar-refractivity contribution in [1.82, 2.24) is 10.1 Å². The molecule has 16 heavy (non-hydrogen) atoms. The van der Waals surface area contributed by atoms with E-state index < -0.39 is 0 Å². The number of rotatable bonds is 4. The number of Topliss-reactive ketones (excluding diaryl/α,β-unsaturated/α-hetero) is 1. The molecule has 0 spiro atoms. The summed E-state index contributed by atoms with van der Waals surface area (Å²) in [4.78, 5) is 15.6. The van der Waals surface area contributed by atoms with Crippen molar-refractivity contribution < 1.29 is 13.7 Å². The number of nitrogens with zero attached hydrogens (tertiary/aromatic N) is 2. The van der Waals surface area contributed by atoms with Gasteiger partial charge in [0.25, 0.3) is 0 Å². The molecule has 2 heterocycles. The predicted molar refractivity (Wildman–Crippen MR) is 55.5 cm³/mol. The van der Waals surface area contributed by atoms with Gasteiger partial charge in [0.05, 0.1) is 18.2 Å². The maximum atomic E-state index is 11.5. The van der Waals surface area contributed by atoms with Gasteiger partial charge in [0.15, 0.2) is 0 Å². The van der Waals surface area contributed by atoms with E-state index in [-0.39, 0.29) is 18.1 Å². The zero-order valence-electron chi connectivity index (χ0n) is 9.14. The molecule has 0 radical (unpaired) electrons. The maximum absolute atomic E-state index is 11.5. The molecule has 2 aromatic rings. The van der Waals surface area contributed by atoms with Crippen molar-refractivity contribution in [3.63, 3.8) is 0 Å². The highest BCUT2D eigenvalue weighted by molar-refractivity contribution is 5.81. The zero-order valence-corrected chi connectivity index (χ0v) is 9.14. The predicted octanol–water partition coefficient (Wildman–Crippen LogP) is 2.10.